The van der Waals surface area contributed by atoms with E-state index in [0.717, 1.165) is 58.8 Å². The lowest BCUT2D eigenvalue weighted by atomic mass is 10.1. The standard InChI is InChI=1S/C22H22N4O2S/c1-12-18-13(2)23-20(14-8-9-14)25-22(18)29-19(12)21(28)24-15-5-3-6-16(11-15)26-10-4-7-17(26)27/h3,5-6,11,14H,4,7-10H2,1-2H3,(H,24,28). The van der Waals surface area contributed by atoms with Gasteiger partial charge in [0.15, 0.2) is 0 Å². The Morgan fingerprint density at radius 3 is 2.79 bits per heavy atom. The van der Waals surface area contributed by atoms with E-state index in [9.17, 15) is 9.59 Å². The first-order valence-corrected chi connectivity index (χ1v) is 10.8. The number of amides is 2. The van der Waals surface area contributed by atoms with Crippen LogP contribution in [-0.4, -0.2) is 28.3 Å². The van der Waals surface area contributed by atoms with Gasteiger partial charge in [0.05, 0.1) is 10.6 Å². The third kappa shape index (κ3) is 3.29. The van der Waals surface area contributed by atoms with Gasteiger partial charge in [-0.15, -0.1) is 11.3 Å². The van der Waals surface area contributed by atoms with E-state index in [0.29, 0.717) is 22.9 Å². The first-order chi connectivity index (χ1) is 14.0. The molecule has 2 aliphatic rings. The molecule has 7 heteroatoms. The van der Waals surface area contributed by atoms with Crippen LogP contribution in [-0.2, 0) is 4.79 Å². The summed E-state index contributed by atoms with van der Waals surface area (Å²) >= 11 is 1.43. The molecule has 1 aliphatic heterocycles. The highest BCUT2D eigenvalue weighted by Gasteiger charge is 2.28. The molecule has 1 N–H and O–H groups in total. The number of hydrogen-bond acceptors (Lipinski definition) is 5. The van der Waals surface area contributed by atoms with E-state index >= 15 is 0 Å². The smallest absolute Gasteiger partial charge is 0.266 e. The first kappa shape index (κ1) is 18.2. The molecule has 1 saturated heterocycles. The van der Waals surface area contributed by atoms with E-state index in [4.69, 9.17) is 4.98 Å². The zero-order valence-electron chi connectivity index (χ0n) is 16.5. The number of anilines is 2. The number of nitrogens with zero attached hydrogens (tertiary/aromatic N) is 3. The van der Waals surface area contributed by atoms with Crippen LogP contribution >= 0.6 is 11.3 Å². The molecular formula is C22H22N4O2S. The van der Waals surface area contributed by atoms with Crippen molar-refractivity contribution in [2.75, 3.05) is 16.8 Å². The minimum atomic E-state index is -0.150. The summed E-state index contributed by atoms with van der Waals surface area (Å²) in [6, 6.07) is 7.48. The van der Waals surface area contributed by atoms with Gasteiger partial charge in [0.1, 0.15) is 10.7 Å². The number of fused-ring (bicyclic) bond motifs is 1. The molecule has 0 radical (unpaired) electrons. The Hall–Kier alpha value is -2.80. The van der Waals surface area contributed by atoms with Gasteiger partial charge in [0.25, 0.3) is 5.91 Å². The summed E-state index contributed by atoms with van der Waals surface area (Å²) in [7, 11) is 0. The summed E-state index contributed by atoms with van der Waals surface area (Å²) in [6.07, 6.45) is 3.76. The van der Waals surface area contributed by atoms with Crippen molar-refractivity contribution in [3.8, 4) is 0 Å². The van der Waals surface area contributed by atoms with E-state index in [1.807, 2.05) is 38.1 Å². The quantitative estimate of drug-likeness (QED) is 0.689. The van der Waals surface area contributed by atoms with Gasteiger partial charge >= 0.3 is 0 Å². The summed E-state index contributed by atoms with van der Waals surface area (Å²) in [6.45, 7) is 4.68. The Balaban J connectivity index is 1.44. The lowest BCUT2D eigenvalue weighted by molar-refractivity contribution is -0.117. The molecule has 1 aliphatic carbocycles. The monoisotopic (exact) mass is 406 g/mol. The fourth-order valence-corrected chi connectivity index (χ4v) is 5.10. The molecule has 1 saturated carbocycles. The topological polar surface area (TPSA) is 75.2 Å². The fourth-order valence-electron chi connectivity index (χ4n) is 3.96. The summed E-state index contributed by atoms with van der Waals surface area (Å²) in [5.74, 6) is 1.37. The molecule has 2 fully saturated rings. The minimum Gasteiger partial charge on any atom is -0.321 e. The van der Waals surface area contributed by atoms with Crippen LogP contribution in [0.3, 0.4) is 0 Å². The molecule has 29 heavy (non-hydrogen) atoms. The van der Waals surface area contributed by atoms with Crippen molar-refractivity contribution in [1.82, 2.24) is 9.97 Å². The van der Waals surface area contributed by atoms with E-state index in [1.165, 1.54) is 11.3 Å². The highest BCUT2D eigenvalue weighted by Crippen LogP contribution is 2.40. The van der Waals surface area contributed by atoms with Crippen LogP contribution in [0.2, 0.25) is 0 Å². The maximum Gasteiger partial charge on any atom is 0.266 e. The summed E-state index contributed by atoms with van der Waals surface area (Å²) in [4.78, 5) is 37.7. The number of nitrogens with one attached hydrogen (secondary N) is 1. The second-order valence-electron chi connectivity index (χ2n) is 7.83. The van der Waals surface area contributed by atoms with Crippen LogP contribution in [0, 0.1) is 13.8 Å². The van der Waals surface area contributed by atoms with Gasteiger partial charge in [0, 0.05) is 35.6 Å². The average molecular weight is 407 g/mol. The van der Waals surface area contributed by atoms with Gasteiger partial charge < -0.3 is 10.2 Å². The molecule has 0 bridgehead atoms. The third-order valence-electron chi connectivity index (χ3n) is 5.63. The van der Waals surface area contributed by atoms with Gasteiger partial charge in [-0.3, -0.25) is 9.59 Å². The van der Waals surface area contributed by atoms with Crippen molar-refractivity contribution >= 4 is 44.7 Å². The number of rotatable bonds is 4. The van der Waals surface area contributed by atoms with Crippen LogP contribution in [0.4, 0.5) is 11.4 Å². The number of carbonyl (C=O) groups excluding carboxylic acids is 2. The number of hydrogen-bond donors (Lipinski definition) is 1. The lowest BCUT2D eigenvalue weighted by Gasteiger charge is -2.16. The first-order valence-electron chi connectivity index (χ1n) is 10.0. The van der Waals surface area contributed by atoms with Crippen LogP contribution in [0.25, 0.3) is 10.2 Å². The van der Waals surface area contributed by atoms with Gasteiger partial charge in [-0.2, -0.15) is 0 Å². The Labute approximate surface area is 173 Å². The lowest BCUT2D eigenvalue weighted by Crippen LogP contribution is -2.23. The molecule has 5 rings (SSSR count). The zero-order valence-corrected chi connectivity index (χ0v) is 17.3. The van der Waals surface area contributed by atoms with E-state index in [2.05, 4.69) is 10.3 Å². The molecule has 0 atom stereocenters. The zero-order chi connectivity index (χ0) is 20.1. The maximum atomic E-state index is 13.0. The van der Waals surface area contributed by atoms with Gasteiger partial charge in [-0.1, -0.05) is 6.07 Å². The maximum absolute atomic E-state index is 13.0. The summed E-state index contributed by atoms with van der Waals surface area (Å²) in [5.41, 5.74) is 3.38. The number of aromatic nitrogens is 2. The minimum absolute atomic E-state index is 0.134. The van der Waals surface area contributed by atoms with Gasteiger partial charge in [-0.25, -0.2) is 9.97 Å². The molecule has 0 unspecified atom stereocenters. The normalized spacial score (nSPS) is 16.6. The molecule has 1 aromatic carbocycles. The van der Waals surface area contributed by atoms with Crippen molar-refractivity contribution in [1.29, 1.82) is 0 Å². The Morgan fingerprint density at radius 1 is 1.24 bits per heavy atom. The molecular weight excluding hydrogens is 384 g/mol. The van der Waals surface area contributed by atoms with Gasteiger partial charge in [0.2, 0.25) is 5.91 Å². The number of carbonyl (C=O) groups is 2. The van der Waals surface area contributed by atoms with Crippen molar-refractivity contribution in [2.45, 2.75) is 45.4 Å². The predicted octanol–water partition coefficient (Wildman–Crippen LogP) is 4.56. The largest absolute Gasteiger partial charge is 0.321 e. The highest BCUT2D eigenvalue weighted by atomic mass is 32.1. The summed E-state index contributed by atoms with van der Waals surface area (Å²) in [5, 5.41) is 3.98. The molecule has 0 spiro atoms. The average Bonchev–Trinajstić information content (AvgIpc) is 3.37. The second-order valence-corrected chi connectivity index (χ2v) is 8.83. The number of thiophene rings is 1. The Bertz CT molecular complexity index is 1150. The number of aryl methyl sites for hydroxylation is 2. The van der Waals surface area contributed by atoms with Crippen molar-refractivity contribution < 1.29 is 9.59 Å². The predicted molar refractivity (Wildman–Crippen MR) is 115 cm³/mol. The molecule has 3 heterocycles. The van der Waals surface area contributed by atoms with Crippen LogP contribution in [0.15, 0.2) is 24.3 Å². The molecule has 2 aromatic heterocycles. The number of benzene rings is 1. The molecule has 3 aromatic rings. The summed E-state index contributed by atoms with van der Waals surface area (Å²) < 4.78 is 0. The van der Waals surface area contributed by atoms with Gasteiger partial charge in [-0.05, 0) is 56.9 Å². The van der Waals surface area contributed by atoms with Crippen LogP contribution in [0.5, 0.6) is 0 Å². The van der Waals surface area contributed by atoms with Crippen LogP contribution < -0.4 is 10.2 Å². The Kier molecular flexibility index (Phi) is 4.35. The van der Waals surface area contributed by atoms with Crippen molar-refractivity contribution in [2.24, 2.45) is 0 Å². The van der Waals surface area contributed by atoms with Crippen LogP contribution in [0.1, 0.15) is 58.4 Å². The second kappa shape index (κ2) is 6.91. The third-order valence-corrected chi connectivity index (χ3v) is 6.81. The highest BCUT2D eigenvalue weighted by molar-refractivity contribution is 7.20. The Morgan fingerprint density at radius 2 is 2.07 bits per heavy atom. The molecule has 6 nitrogen and oxygen atoms in total. The SMILES string of the molecule is Cc1nc(C2CC2)nc2sc(C(=O)Nc3cccc(N4CCCC4=O)c3)c(C)c12. The van der Waals surface area contributed by atoms with E-state index < -0.39 is 0 Å². The molecule has 2 amide bonds. The fraction of sp³-hybridized carbons (Fsp3) is 0.364. The van der Waals surface area contributed by atoms with Crippen molar-refractivity contribution in [3.05, 3.63) is 46.2 Å². The molecule has 148 valence electrons. The van der Waals surface area contributed by atoms with E-state index in [1.54, 1.807) is 4.90 Å². The van der Waals surface area contributed by atoms with E-state index in [-0.39, 0.29) is 11.8 Å². The van der Waals surface area contributed by atoms with Crippen molar-refractivity contribution in [3.63, 3.8) is 0 Å².